The van der Waals surface area contributed by atoms with Gasteiger partial charge in [-0.1, -0.05) is 34.1 Å². The van der Waals surface area contributed by atoms with Gasteiger partial charge in [-0.2, -0.15) is 0 Å². The molecule has 0 aromatic heterocycles. The Morgan fingerprint density at radius 3 is 2.32 bits per heavy atom. The van der Waals surface area contributed by atoms with Gasteiger partial charge in [0.2, 0.25) is 0 Å². The highest BCUT2D eigenvalue weighted by Crippen LogP contribution is 2.36. The minimum atomic E-state index is -1.99. The topological polar surface area (TPSA) is 18.5 Å². The molecule has 114 valence electrons. The molecule has 1 unspecified atom stereocenters. The van der Waals surface area contributed by atoms with Crippen LogP contribution in [0.25, 0.3) is 0 Å². The second-order valence-electron chi connectivity index (χ2n) is 7.22. The van der Waals surface area contributed by atoms with Crippen LogP contribution in [0.1, 0.15) is 60.3 Å². The summed E-state index contributed by atoms with van der Waals surface area (Å²) in [7, 11) is -1.99. The highest BCUT2D eigenvalue weighted by Gasteiger charge is 2.37. The third-order valence-corrected chi connectivity index (χ3v) is 6.30. The van der Waals surface area contributed by atoms with Crippen molar-refractivity contribution in [2.45, 2.75) is 85.6 Å². The smallest absolute Gasteiger partial charge is 0.332 e. The maximum absolute atomic E-state index is 6.51. The Hall–Kier alpha value is 0.137. The summed E-state index contributed by atoms with van der Waals surface area (Å²) in [5.74, 6) is 2.22. The summed E-state index contributed by atoms with van der Waals surface area (Å²) < 4.78 is 12.7. The molecular weight excluding hydrogens is 252 g/mol. The maximum atomic E-state index is 6.51. The first-order chi connectivity index (χ1) is 8.75. The summed E-state index contributed by atoms with van der Waals surface area (Å²) in [5, 5.41) is 0. The molecule has 19 heavy (non-hydrogen) atoms. The van der Waals surface area contributed by atoms with Gasteiger partial charge in [0.05, 0.1) is 6.10 Å². The van der Waals surface area contributed by atoms with Crippen LogP contribution in [0.5, 0.6) is 0 Å². The monoisotopic (exact) mass is 286 g/mol. The van der Waals surface area contributed by atoms with Gasteiger partial charge < -0.3 is 8.85 Å². The van der Waals surface area contributed by atoms with Gasteiger partial charge >= 0.3 is 8.56 Å². The van der Waals surface area contributed by atoms with E-state index in [9.17, 15) is 0 Å². The average molecular weight is 287 g/mol. The molecule has 1 saturated carbocycles. The number of hydrogen-bond donors (Lipinski definition) is 0. The summed E-state index contributed by atoms with van der Waals surface area (Å²) in [6.45, 7) is 15.8. The van der Waals surface area contributed by atoms with Crippen LogP contribution in [0, 0.1) is 17.8 Å². The van der Waals surface area contributed by atoms with Crippen LogP contribution in [0.4, 0.5) is 0 Å². The lowest BCUT2D eigenvalue weighted by Gasteiger charge is -2.41. The number of rotatable bonds is 6. The normalized spacial score (nSPS) is 30.6. The van der Waals surface area contributed by atoms with Gasteiger partial charge in [0.1, 0.15) is 0 Å². The molecule has 0 bridgehead atoms. The molecule has 1 rings (SSSR count). The van der Waals surface area contributed by atoms with Crippen molar-refractivity contribution in [3.8, 4) is 0 Å². The van der Waals surface area contributed by atoms with Crippen LogP contribution in [0.2, 0.25) is 13.1 Å². The molecule has 1 aliphatic rings. The molecular formula is C16H34O2Si. The Balaban J connectivity index is 2.64. The summed E-state index contributed by atoms with van der Waals surface area (Å²) in [5.41, 5.74) is 0. The van der Waals surface area contributed by atoms with Crippen molar-refractivity contribution >= 4 is 8.56 Å². The van der Waals surface area contributed by atoms with E-state index in [2.05, 4.69) is 47.7 Å². The third-order valence-electron chi connectivity index (χ3n) is 4.46. The second kappa shape index (κ2) is 7.23. The van der Waals surface area contributed by atoms with E-state index < -0.39 is 8.56 Å². The zero-order chi connectivity index (χ0) is 14.6. The van der Waals surface area contributed by atoms with E-state index in [1.165, 1.54) is 19.3 Å². The fourth-order valence-corrected chi connectivity index (χ4v) is 5.40. The van der Waals surface area contributed by atoms with Crippen molar-refractivity contribution < 1.29 is 8.85 Å². The molecule has 0 saturated heterocycles. The molecule has 0 radical (unpaired) electrons. The maximum Gasteiger partial charge on any atom is 0.332 e. The Morgan fingerprint density at radius 1 is 1.16 bits per heavy atom. The fourth-order valence-electron chi connectivity index (χ4n) is 3.21. The van der Waals surface area contributed by atoms with E-state index in [4.69, 9.17) is 8.85 Å². The van der Waals surface area contributed by atoms with E-state index >= 15 is 0 Å². The third kappa shape index (κ3) is 5.56. The van der Waals surface area contributed by atoms with Crippen LogP contribution in [-0.4, -0.2) is 20.8 Å². The lowest BCUT2D eigenvalue weighted by atomic mass is 9.75. The largest absolute Gasteiger partial charge is 0.392 e. The van der Waals surface area contributed by atoms with E-state index in [-0.39, 0.29) is 0 Å². The molecule has 3 heteroatoms. The van der Waals surface area contributed by atoms with Crippen LogP contribution in [0.3, 0.4) is 0 Å². The highest BCUT2D eigenvalue weighted by molar-refractivity contribution is 6.64. The SMILES string of the molecule is CCC(C)O[Si](C)(C)O[C@@H]1C[C@H](C)CC[C@H]1C(C)C. The first-order valence-corrected chi connectivity index (χ1v) is 10.9. The van der Waals surface area contributed by atoms with Gasteiger partial charge in [-0.25, -0.2) is 0 Å². The summed E-state index contributed by atoms with van der Waals surface area (Å²) in [6.07, 6.45) is 5.68. The molecule has 1 fully saturated rings. The van der Waals surface area contributed by atoms with Gasteiger partial charge in [-0.05, 0) is 57.0 Å². The minimum absolute atomic E-state index is 0.320. The Labute approximate surface area is 121 Å². The van der Waals surface area contributed by atoms with E-state index in [1.807, 2.05) is 0 Å². The summed E-state index contributed by atoms with van der Waals surface area (Å²) >= 11 is 0. The van der Waals surface area contributed by atoms with Crippen LogP contribution >= 0.6 is 0 Å². The first-order valence-electron chi connectivity index (χ1n) is 8.10. The number of hydrogen-bond acceptors (Lipinski definition) is 2. The highest BCUT2D eigenvalue weighted by atomic mass is 28.4. The molecule has 0 heterocycles. The summed E-state index contributed by atoms with van der Waals surface area (Å²) in [6, 6.07) is 0. The zero-order valence-corrected chi connectivity index (χ0v) is 15.0. The van der Waals surface area contributed by atoms with Crippen molar-refractivity contribution in [2.24, 2.45) is 17.8 Å². The lowest BCUT2D eigenvalue weighted by Crippen LogP contribution is -2.46. The zero-order valence-electron chi connectivity index (χ0n) is 14.0. The van der Waals surface area contributed by atoms with E-state index in [0.29, 0.717) is 24.0 Å². The fraction of sp³-hybridized carbons (Fsp3) is 1.00. The molecule has 4 atom stereocenters. The molecule has 0 aromatic rings. The minimum Gasteiger partial charge on any atom is -0.392 e. The second-order valence-corrected chi connectivity index (χ2v) is 10.5. The molecule has 1 aliphatic carbocycles. The van der Waals surface area contributed by atoms with Gasteiger partial charge in [-0.3, -0.25) is 0 Å². The standard InChI is InChI=1S/C16H34O2Si/c1-8-14(5)17-19(6,7)18-16-11-13(4)9-10-15(16)12(2)3/h12-16H,8-11H2,1-7H3/t13-,14?,15+,16-/m1/s1. The molecule has 0 spiro atoms. The van der Waals surface area contributed by atoms with Crippen LogP contribution in [-0.2, 0) is 8.85 Å². The van der Waals surface area contributed by atoms with Gasteiger partial charge in [0.25, 0.3) is 0 Å². The van der Waals surface area contributed by atoms with E-state index in [0.717, 1.165) is 12.3 Å². The van der Waals surface area contributed by atoms with Crippen molar-refractivity contribution in [1.29, 1.82) is 0 Å². The van der Waals surface area contributed by atoms with Crippen molar-refractivity contribution in [3.63, 3.8) is 0 Å². The Bertz CT molecular complexity index is 265. The average Bonchev–Trinajstić information content (AvgIpc) is 2.27. The lowest BCUT2D eigenvalue weighted by molar-refractivity contribution is 0.00724. The Kier molecular flexibility index (Phi) is 6.54. The van der Waals surface area contributed by atoms with E-state index in [1.54, 1.807) is 0 Å². The molecule has 0 N–H and O–H groups in total. The predicted octanol–water partition coefficient (Wildman–Crippen LogP) is 4.98. The van der Waals surface area contributed by atoms with Gasteiger partial charge in [0.15, 0.2) is 0 Å². The molecule has 0 amide bonds. The van der Waals surface area contributed by atoms with Crippen LogP contribution in [0.15, 0.2) is 0 Å². The van der Waals surface area contributed by atoms with Crippen LogP contribution < -0.4 is 0 Å². The van der Waals surface area contributed by atoms with Crippen molar-refractivity contribution in [2.75, 3.05) is 0 Å². The molecule has 2 nitrogen and oxygen atoms in total. The van der Waals surface area contributed by atoms with Gasteiger partial charge in [0, 0.05) is 6.10 Å². The quantitative estimate of drug-likeness (QED) is 0.641. The summed E-state index contributed by atoms with van der Waals surface area (Å²) in [4.78, 5) is 0. The van der Waals surface area contributed by atoms with Crippen molar-refractivity contribution in [3.05, 3.63) is 0 Å². The molecule has 0 aromatic carbocycles. The Morgan fingerprint density at radius 2 is 1.79 bits per heavy atom. The van der Waals surface area contributed by atoms with Crippen molar-refractivity contribution in [1.82, 2.24) is 0 Å². The predicted molar refractivity (Wildman–Crippen MR) is 84.5 cm³/mol. The molecule has 0 aliphatic heterocycles. The first kappa shape index (κ1) is 17.2. The van der Waals surface area contributed by atoms with Gasteiger partial charge in [-0.15, -0.1) is 0 Å².